The molecule has 1 aromatic heterocycles. The highest BCUT2D eigenvalue weighted by Crippen LogP contribution is 2.37. The van der Waals surface area contributed by atoms with Crippen molar-refractivity contribution < 1.29 is 40.6 Å². The first-order valence-electron chi connectivity index (χ1n) is 5.00. The van der Waals surface area contributed by atoms with Gasteiger partial charge in [0.05, 0.1) is 13.3 Å². The highest BCUT2D eigenvalue weighted by Gasteiger charge is 2.40. The monoisotopic (exact) mass is 381 g/mol. The molecule has 11 heteroatoms. The smallest absolute Gasteiger partial charge is 0.465 e. The summed E-state index contributed by atoms with van der Waals surface area (Å²) < 4.78 is 82.6. The Bertz CT molecular complexity index is 543. The summed E-state index contributed by atoms with van der Waals surface area (Å²) in [6, 6.07) is 0. The van der Waals surface area contributed by atoms with E-state index in [1.807, 2.05) is 0 Å². The number of halogens is 7. The molecule has 0 aliphatic heterocycles. The number of nitrogens with zero attached hydrogens (tertiary/aromatic N) is 1. The second-order valence-electron chi connectivity index (χ2n) is 3.50. The normalized spacial score (nSPS) is 12.2. The van der Waals surface area contributed by atoms with E-state index < -0.39 is 46.4 Å². The number of pyridine rings is 1. The molecule has 1 heterocycles. The van der Waals surface area contributed by atoms with Crippen LogP contribution in [0.3, 0.4) is 0 Å². The van der Waals surface area contributed by atoms with Crippen LogP contribution in [-0.2, 0) is 16.2 Å². The number of alkyl halides is 7. The van der Waals surface area contributed by atoms with Crippen LogP contribution in [0.5, 0.6) is 5.75 Å². The van der Waals surface area contributed by atoms with Gasteiger partial charge in [-0.25, -0.2) is 9.78 Å². The number of methoxy groups -OCH3 is 1. The van der Waals surface area contributed by atoms with Crippen LogP contribution in [0, 0.1) is 0 Å². The number of rotatable bonds is 3. The van der Waals surface area contributed by atoms with Gasteiger partial charge >= 0.3 is 18.5 Å². The molecule has 0 saturated carbocycles. The molecule has 0 amide bonds. The van der Waals surface area contributed by atoms with Crippen LogP contribution in [0.25, 0.3) is 0 Å². The molecule has 0 unspecified atom stereocenters. The predicted octanol–water partition coefficient (Wildman–Crippen LogP) is 3.68. The second kappa shape index (κ2) is 6.08. The number of hydrogen-bond acceptors (Lipinski definition) is 4. The average Bonchev–Trinajstić information content (AvgIpc) is 2.33. The molecule has 0 saturated heterocycles. The summed E-state index contributed by atoms with van der Waals surface area (Å²) in [5.74, 6) is -2.58. The van der Waals surface area contributed by atoms with Crippen molar-refractivity contribution in [3.05, 3.63) is 23.0 Å². The highest BCUT2D eigenvalue weighted by atomic mass is 79.9. The van der Waals surface area contributed by atoms with E-state index in [1.54, 1.807) is 0 Å². The number of aromatic nitrogens is 1. The van der Waals surface area contributed by atoms with Crippen molar-refractivity contribution in [3.63, 3.8) is 0 Å². The van der Waals surface area contributed by atoms with Gasteiger partial charge in [0.15, 0.2) is 5.75 Å². The Balaban J connectivity index is 3.58. The maximum absolute atomic E-state index is 12.8. The summed E-state index contributed by atoms with van der Waals surface area (Å²) in [7, 11) is 0.811. The van der Waals surface area contributed by atoms with Gasteiger partial charge in [0.1, 0.15) is 11.3 Å². The Kier molecular flexibility index (Phi) is 5.07. The number of esters is 1. The molecule has 0 radical (unpaired) electrons. The predicted molar refractivity (Wildman–Crippen MR) is 59.9 cm³/mol. The fraction of sp³-hybridized carbons (Fsp3) is 0.400. The van der Waals surface area contributed by atoms with Crippen LogP contribution in [0.2, 0.25) is 0 Å². The van der Waals surface area contributed by atoms with Gasteiger partial charge in [0.25, 0.3) is 0 Å². The lowest BCUT2D eigenvalue weighted by atomic mass is 10.1. The lowest BCUT2D eigenvalue weighted by Crippen LogP contribution is -2.22. The fourth-order valence-corrected chi connectivity index (χ4v) is 1.98. The van der Waals surface area contributed by atoms with Crippen molar-refractivity contribution in [1.82, 2.24) is 4.98 Å². The zero-order valence-electron chi connectivity index (χ0n) is 10.1. The van der Waals surface area contributed by atoms with E-state index in [2.05, 4.69) is 30.4 Å². The van der Waals surface area contributed by atoms with Crippen molar-refractivity contribution in [3.8, 4) is 5.75 Å². The molecule has 4 nitrogen and oxygen atoms in total. The Morgan fingerprint density at radius 2 is 1.86 bits per heavy atom. The molecule has 0 aromatic carbocycles. The second-order valence-corrected chi connectivity index (χ2v) is 4.06. The standard InChI is InChI=1S/C10H6BrF6NO3/c1-20-8(19)6-4(2-11)7(9(12,13)14)18-3-5(6)21-10(15,16)17/h3H,2H2,1H3. The Morgan fingerprint density at radius 3 is 2.24 bits per heavy atom. The Hall–Kier alpha value is -1.52. The molecule has 0 N–H and O–H groups in total. The van der Waals surface area contributed by atoms with E-state index in [1.165, 1.54) is 0 Å². The number of ether oxygens (including phenoxy) is 2. The molecule has 21 heavy (non-hydrogen) atoms. The lowest BCUT2D eigenvalue weighted by molar-refractivity contribution is -0.274. The summed E-state index contributed by atoms with van der Waals surface area (Å²) in [5, 5.41) is -0.575. The molecule has 0 spiro atoms. The van der Waals surface area contributed by atoms with Crippen LogP contribution in [0.15, 0.2) is 6.20 Å². The van der Waals surface area contributed by atoms with Crippen molar-refractivity contribution in [2.24, 2.45) is 0 Å². The Morgan fingerprint density at radius 1 is 1.29 bits per heavy atom. The van der Waals surface area contributed by atoms with E-state index >= 15 is 0 Å². The maximum Gasteiger partial charge on any atom is 0.573 e. The summed E-state index contributed by atoms with van der Waals surface area (Å²) in [6.45, 7) is 0. The fourth-order valence-electron chi connectivity index (χ4n) is 1.44. The molecule has 1 aromatic rings. The van der Waals surface area contributed by atoms with Crippen molar-refractivity contribution in [1.29, 1.82) is 0 Å². The van der Waals surface area contributed by atoms with E-state index in [-0.39, 0.29) is 6.20 Å². The van der Waals surface area contributed by atoms with Gasteiger partial charge < -0.3 is 9.47 Å². The molecular weight excluding hydrogens is 376 g/mol. The van der Waals surface area contributed by atoms with Gasteiger partial charge in [-0.15, -0.1) is 13.2 Å². The summed E-state index contributed by atoms with van der Waals surface area (Å²) in [5.41, 5.74) is -3.31. The third-order valence-corrected chi connectivity index (χ3v) is 2.72. The first-order chi connectivity index (χ1) is 9.51. The summed E-state index contributed by atoms with van der Waals surface area (Å²) in [6.07, 6.45) is -9.98. The quantitative estimate of drug-likeness (QED) is 0.455. The maximum atomic E-state index is 12.8. The molecular formula is C10H6BrF6NO3. The van der Waals surface area contributed by atoms with Crippen molar-refractivity contribution in [2.45, 2.75) is 17.9 Å². The summed E-state index contributed by atoms with van der Waals surface area (Å²) in [4.78, 5) is 14.4. The molecule has 0 aliphatic carbocycles. The van der Waals surface area contributed by atoms with Crippen LogP contribution in [0.4, 0.5) is 26.3 Å². The van der Waals surface area contributed by atoms with E-state index in [0.717, 1.165) is 7.11 Å². The summed E-state index contributed by atoms with van der Waals surface area (Å²) >= 11 is 2.68. The zero-order chi connectivity index (χ0) is 16.4. The first kappa shape index (κ1) is 17.5. The minimum atomic E-state index is -5.20. The number of carbonyl (C=O) groups is 1. The molecule has 1 rings (SSSR count). The van der Waals surface area contributed by atoms with Gasteiger partial charge in [-0.3, -0.25) is 0 Å². The van der Waals surface area contributed by atoms with Gasteiger partial charge in [0.2, 0.25) is 0 Å². The minimum absolute atomic E-state index is 0.175. The SMILES string of the molecule is COC(=O)c1c(OC(F)(F)F)cnc(C(F)(F)F)c1CBr. The first-order valence-corrected chi connectivity index (χ1v) is 6.12. The minimum Gasteiger partial charge on any atom is -0.465 e. The molecule has 118 valence electrons. The van der Waals surface area contributed by atoms with Crippen LogP contribution < -0.4 is 4.74 Å². The van der Waals surface area contributed by atoms with Crippen LogP contribution >= 0.6 is 15.9 Å². The topological polar surface area (TPSA) is 48.4 Å². The van der Waals surface area contributed by atoms with E-state index in [4.69, 9.17) is 0 Å². The molecule has 0 bridgehead atoms. The van der Waals surface area contributed by atoms with Gasteiger partial charge in [0, 0.05) is 10.9 Å². The van der Waals surface area contributed by atoms with Crippen molar-refractivity contribution >= 4 is 21.9 Å². The third-order valence-electron chi connectivity index (χ3n) is 2.16. The largest absolute Gasteiger partial charge is 0.573 e. The van der Waals surface area contributed by atoms with E-state index in [9.17, 15) is 31.1 Å². The van der Waals surface area contributed by atoms with Gasteiger partial charge in [-0.1, -0.05) is 15.9 Å². The third kappa shape index (κ3) is 4.22. The Labute approximate surface area is 122 Å². The zero-order valence-corrected chi connectivity index (χ0v) is 11.7. The van der Waals surface area contributed by atoms with Gasteiger partial charge in [-0.2, -0.15) is 13.2 Å². The lowest BCUT2D eigenvalue weighted by Gasteiger charge is -2.17. The molecule has 0 aliphatic rings. The number of hydrogen-bond donors (Lipinski definition) is 0. The molecule has 0 atom stereocenters. The van der Waals surface area contributed by atoms with Crippen LogP contribution in [0.1, 0.15) is 21.6 Å². The molecule has 0 fully saturated rings. The van der Waals surface area contributed by atoms with E-state index in [0.29, 0.717) is 0 Å². The van der Waals surface area contributed by atoms with Crippen LogP contribution in [-0.4, -0.2) is 24.4 Å². The van der Waals surface area contributed by atoms with Gasteiger partial charge in [-0.05, 0) is 0 Å². The average molecular weight is 382 g/mol. The highest BCUT2D eigenvalue weighted by molar-refractivity contribution is 9.08. The number of carbonyl (C=O) groups excluding carboxylic acids is 1. The van der Waals surface area contributed by atoms with Crippen molar-refractivity contribution in [2.75, 3.05) is 7.11 Å².